The summed E-state index contributed by atoms with van der Waals surface area (Å²) in [6.45, 7) is 20.8. The Labute approximate surface area is 731 Å². The number of sulfone groups is 1. The van der Waals surface area contributed by atoms with E-state index in [1.54, 1.807) is 147 Å². The fraction of sp³-hybridized carbons (Fsp3) is 0.533. The van der Waals surface area contributed by atoms with Crippen molar-refractivity contribution in [3.63, 3.8) is 0 Å². The molecule has 34 heteroatoms. The van der Waals surface area contributed by atoms with Gasteiger partial charge >= 0.3 is 12.1 Å². The molecule has 12 N–H and O–H groups in total. The number of amides is 12. The maximum atomic E-state index is 14.9. The highest BCUT2D eigenvalue weighted by Gasteiger charge is 2.45. The fourth-order valence-electron chi connectivity index (χ4n) is 15.1. The molecule has 2 unspecified atom stereocenters. The zero-order chi connectivity index (χ0) is 92.0. The first-order chi connectivity index (χ1) is 58.7. The Morgan fingerprint density at radius 1 is 0.653 bits per heavy atom. The van der Waals surface area contributed by atoms with Crippen molar-refractivity contribution in [2.75, 3.05) is 71.4 Å². The Morgan fingerprint density at radius 2 is 1.26 bits per heavy atom. The van der Waals surface area contributed by atoms with Gasteiger partial charge in [0.25, 0.3) is 5.91 Å². The van der Waals surface area contributed by atoms with Crippen LogP contribution in [0.15, 0.2) is 137 Å². The Bertz CT molecular complexity index is 4490. The van der Waals surface area contributed by atoms with E-state index in [9.17, 15) is 80.7 Å². The van der Waals surface area contributed by atoms with Crippen molar-refractivity contribution in [3.8, 4) is 0 Å². The van der Waals surface area contributed by atoms with Crippen LogP contribution in [0.3, 0.4) is 0 Å². The van der Waals surface area contributed by atoms with Crippen molar-refractivity contribution in [2.45, 2.75) is 217 Å². The van der Waals surface area contributed by atoms with Gasteiger partial charge in [0.1, 0.15) is 42.6 Å². The molecule has 0 aromatic heterocycles. The van der Waals surface area contributed by atoms with Crippen molar-refractivity contribution < 1.29 is 94.9 Å². The smallest absolute Gasteiger partial charge is 0.410 e. The van der Waals surface area contributed by atoms with E-state index in [-0.39, 0.29) is 90.6 Å². The van der Waals surface area contributed by atoms with Gasteiger partial charge in [0.05, 0.1) is 71.9 Å². The van der Waals surface area contributed by atoms with Crippen LogP contribution in [0.25, 0.3) is 0 Å². The molecule has 12 amide bonds. The zero-order valence-corrected chi connectivity index (χ0v) is 75.7. The average Bonchev–Trinajstić information content (AvgIpc) is 1.42. The second-order valence-corrected chi connectivity index (χ2v) is 36.5. The molecule has 1 heterocycles. The molecule has 32 nitrogen and oxygen atoms in total. The summed E-state index contributed by atoms with van der Waals surface area (Å²) in [4.78, 5) is 172. The van der Waals surface area contributed by atoms with Crippen molar-refractivity contribution in [1.82, 2.24) is 51.9 Å². The number of benzene rings is 5. The molecular formula is C90H128N12O20S2. The number of hydrogen-bond donors (Lipinski definition) is 11. The molecule has 6 rings (SSSR count). The van der Waals surface area contributed by atoms with Crippen LogP contribution in [-0.2, 0) is 80.2 Å². The Hall–Kier alpha value is -10.4. The number of aryl methyl sites for hydroxylation is 2. The molecule has 0 spiro atoms. The van der Waals surface area contributed by atoms with Gasteiger partial charge in [-0.15, -0.1) is 0 Å². The Balaban J connectivity index is 1.06. The minimum atomic E-state index is -4.08. The lowest BCUT2D eigenvalue weighted by Gasteiger charge is -2.41. The Morgan fingerprint density at radius 3 is 1.83 bits per heavy atom. The normalized spacial score (nSPS) is 16.2. The van der Waals surface area contributed by atoms with Crippen molar-refractivity contribution in [3.05, 3.63) is 161 Å². The number of carbonyl (C=O) groups is 12. The van der Waals surface area contributed by atoms with Crippen LogP contribution in [-0.4, -0.2) is 236 Å². The van der Waals surface area contributed by atoms with Gasteiger partial charge in [-0.25, -0.2) is 18.0 Å². The third-order valence-corrected chi connectivity index (χ3v) is 25.8. The minimum absolute atomic E-state index is 0.0147. The maximum Gasteiger partial charge on any atom is 0.410 e. The van der Waals surface area contributed by atoms with E-state index >= 15 is 0 Å². The van der Waals surface area contributed by atoms with Crippen LogP contribution in [0.4, 0.5) is 15.3 Å². The quantitative estimate of drug-likeness (QED) is 0.0106. The number of hydrogen-bond acceptors (Lipinski definition) is 20. The number of nitrogens with zero attached hydrogens (tertiary/aromatic N) is 3. The highest BCUT2D eigenvalue weighted by molar-refractivity contribution is 7.92. The number of aliphatic hydroxyl groups is 2. The van der Waals surface area contributed by atoms with E-state index in [1.165, 1.54) is 74.7 Å². The monoisotopic (exact) mass is 1760 g/mol. The average molecular weight is 1760 g/mol. The molecule has 5 aromatic rings. The summed E-state index contributed by atoms with van der Waals surface area (Å²) in [6, 6.07) is 24.5. The van der Waals surface area contributed by atoms with Crippen LogP contribution >= 0.6 is 0 Å². The minimum Gasteiger partial charge on any atom is -0.611 e. The predicted molar refractivity (Wildman–Crippen MR) is 470 cm³/mol. The number of ketones is 1. The number of rotatable bonds is 48. The number of urea groups is 1. The lowest BCUT2D eigenvalue weighted by atomic mass is 9.89. The number of nitrogens with two attached hydrogens (primary N) is 1. The van der Waals surface area contributed by atoms with E-state index in [0.717, 1.165) is 16.0 Å². The number of likely N-dealkylation sites (N-methyl/N-ethyl adjacent to an activating group) is 2. The summed E-state index contributed by atoms with van der Waals surface area (Å²) >= 11 is -1.79. The summed E-state index contributed by atoms with van der Waals surface area (Å²) in [7, 11) is 1.93. The number of aliphatic hydroxyl groups excluding tert-OH is 2. The number of anilines is 1. The first-order valence-electron chi connectivity index (χ1n) is 42.1. The number of carbonyl (C=O) groups excluding carboxylic acids is 12. The molecule has 124 heavy (non-hydrogen) atoms. The molecule has 0 radical (unpaired) electrons. The van der Waals surface area contributed by atoms with Gasteiger partial charge in [-0.2, -0.15) is 0 Å². The van der Waals surface area contributed by atoms with Gasteiger partial charge in [-0.05, 0) is 147 Å². The first kappa shape index (κ1) is 102. The molecule has 680 valence electrons. The van der Waals surface area contributed by atoms with Crippen LogP contribution < -0.4 is 48.3 Å². The Kier molecular flexibility index (Phi) is 40.8. The number of Topliss-reactive ketones (excluding diaryl/α,β-unsaturated/α-hetero) is 1. The van der Waals surface area contributed by atoms with Crippen molar-refractivity contribution >= 4 is 97.8 Å². The highest BCUT2D eigenvalue weighted by atomic mass is 32.2. The van der Waals surface area contributed by atoms with Gasteiger partial charge in [-0.1, -0.05) is 159 Å². The topological polar surface area (TPSA) is 462 Å². The molecule has 0 bridgehead atoms. The van der Waals surface area contributed by atoms with Crippen molar-refractivity contribution in [1.29, 1.82) is 0 Å². The van der Waals surface area contributed by atoms with Gasteiger partial charge in [-0.3, -0.25) is 52.8 Å². The van der Waals surface area contributed by atoms with E-state index in [4.69, 9.17) is 19.9 Å². The molecule has 5 aromatic carbocycles. The van der Waals surface area contributed by atoms with Gasteiger partial charge in [0.15, 0.2) is 20.5 Å². The number of nitrogens with one attached hydrogen (secondary N) is 8. The molecule has 1 saturated heterocycles. The SMILES string of the molecule is CC[C@H](C)[C@H]([C@@H](CC(=O)N1CCC[C@H]1[C@H](OC)[C@@H](C)C(=O)N[C@H](C)[C@@H](O)c1ccccc1)OC)N(C)C(=O)[C@@H](NC(=O)[C@H](C(C)C)N(C)C(=O)OCc1ccc(NC(=O)[C@H](CCCNC(N)=O)NC(=O)[C@@H](NC(=O)CC[C@H](NC(=O)c2ccc(C(=O)C(C[S+]([O-])c3ccc(C)cc3)CS(=O)(=O)c3ccc(C)cc3)cc2)C(=O)NCCO)C(C)C)cc1)C(C)C. The second kappa shape index (κ2) is 49.4. The van der Waals surface area contributed by atoms with Crippen LogP contribution in [0.2, 0.25) is 0 Å². The van der Waals surface area contributed by atoms with Gasteiger partial charge < -0.3 is 87.0 Å². The summed E-state index contributed by atoms with van der Waals surface area (Å²) in [5.74, 6) is -10.9. The van der Waals surface area contributed by atoms with E-state index in [1.807, 2.05) is 26.8 Å². The van der Waals surface area contributed by atoms with Crippen LogP contribution in [0, 0.1) is 49.4 Å². The lowest BCUT2D eigenvalue weighted by Crippen LogP contribution is -2.60. The second-order valence-electron chi connectivity index (χ2n) is 32.9. The summed E-state index contributed by atoms with van der Waals surface area (Å²) in [6.07, 6.45) is -2.30. The lowest BCUT2D eigenvalue weighted by molar-refractivity contribution is -0.148. The maximum absolute atomic E-state index is 14.9. The van der Waals surface area contributed by atoms with Crippen molar-refractivity contribution in [2.24, 2.45) is 41.2 Å². The molecule has 0 saturated carbocycles. The summed E-state index contributed by atoms with van der Waals surface area (Å²) in [5, 5.41) is 42.1. The molecule has 1 aliphatic heterocycles. The van der Waals surface area contributed by atoms with E-state index < -0.39 is 195 Å². The number of ether oxygens (including phenoxy) is 3. The molecular weight excluding hydrogens is 1630 g/mol. The van der Waals surface area contributed by atoms with Crippen LogP contribution in [0.5, 0.6) is 0 Å². The standard InChI is InChI=1S/C90H128N12O20S2/c1-17-58(10)78(72(120-15)49-74(105)102-47-22-26-71(102)81(121-16)59(11)82(108)94-60(12)79(106)62-23-19-18-20-24-62)100(13)88(114)76(54(4)5)99-87(113)77(55(6)7)101(14)90(116)122-50-61-31-37-66(38-32-61)95-85(111)69(25-21-45-93-89(91)115)97-86(112)75(53(2)3)98-73(104)44-43-70(84(110)92-46-48-103)96-83(109)64-35-33-63(34-36-64)80(107)65(51-123(117)67-39-27-56(8)28-40-67)52-124(118,119)68-41-29-57(9)30-42-68/h18-20,23-24,27-42,53-55,58-60,65,69-72,75-79,81,103,106H,17,21-22,25-26,43-52H2,1-16H3,(H,92,110)(H,94,108)(H,95,111)(H,96,109)(H,97,112)(H,98,104)(H,99,113)(H3,91,93,115)/t58-,59+,60+,65?,69-,70-,71-,72+,75-,76-,77-,78+,79+,81+,123?/m0/s1. The first-order valence-corrected chi connectivity index (χ1v) is 45.1. The largest absolute Gasteiger partial charge is 0.611 e. The fourth-order valence-corrected chi connectivity index (χ4v) is 18.0. The van der Waals surface area contributed by atoms with Gasteiger partial charge in [0, 0.05) is 71.2 Å². The summed E-state index contributed by atoms with van der Waals surface area (Å²) in [5.41, 5.74) is 8.38. The number of likely N-dealkylation sites (tertiary alicyclic amines) is 1. The summed E-state index contributed by atoms with van der Waals surface area (Å²) < 4.78 is 59.0. The number of methoxy groups -OCH3 is 2. The predicted octanol–water partition coefficient (Wildman–Crippen LogP) is 6.98. The highest BCUT2D eigenvalue weighted by Crippen LogP contribution is 2.32. The molecule has 1 fully saturated rings. The van der Waals surface area contributed by atoms with E-state index in [2.05, 4.69) is 42.5 Å². The third-order valence-electron chi connectivity index (χ3n) is 22.5. The van der Waals surface area contributed by atoms with Crippen LogP contribution in [0.1, 0.15) is 170 Å². The van der Waals surface area contributed by atoms with E-state index in [0.29, 0.717) is 41.8 Å². The number of primary amides is 1. The molecule has 15 atom stereocenters. The third kappa shape index (κ3) is 29.9. The molecule has 0 aliphatic carbocycles. The molecule has 1 aliphatic rings. The van der Waals surface area contributed by atoms with Gasteiger partial charge in [0.2, 0.25) is 47.3 Å². The zero-order valence-electron chi connectivity index (χ0n) is 74.0.